The number of hydrogen-bond donors (Lipinski definition) is 0. The Morgan fingerprint density at radius 3 is 2.46 bits per heavy atom. The molecule has 1 aliphatic rings. The Balaban J connectivity index is 2.13. The van der Waals surface area contributed by atoms with Crippen LogP contribution in [-0.4, -0.2) is 11.9 Å². The Bertz CT molecular complexity index is 754. The van der Waals surface area contributed by atoms with Gasteiger partial charge < -0.3 is 4.90 Å². The van der Waals surface area contributed by atoms with Crippen molar-refractivity contribution < 1.29 is 0 Å². The topological polar surface area (TPSA) is 3.24 Å². The van der Waals surface area contributed by atoms with E-state index in [1.54, 1.807) is 0 Å². The maximum atomic E-state index is 2.39. The highest BCUT2D eigenvalue weighted by atomic mass is 15.1. The van der Waals surface area contributed by atoms with Crippen molar-refractivity contribution >= 4 is 11.8 Å². The molecular formula is C23H29N. The summed E-state index contributed by atoms with van der Waals surface area (Å²) in [6.45, 7) is 10.4. The van der Waals surface area contributed by atoms with Gasteiger partial charge in [0, 0.05) is 24.9 Å². The van der Waals surface area contributed by atoms with Gasteiger partial charge in [0.05, 0.1) is 0 Å². The number of rotatable bonds is 4. The number of hydrogen-bond acceptors (Lipinski definition) is 1. The Kier molecular flexibility index (Phi) is 4.54. The molecule has 24 heavy (non-hydrogen) atoms. The predicted molar refractivity (Wildman–Crippen MR) is 105 cm³/mol. The minimum Gasteiger partial charge on any atom is -0.370 e. The summed E-state index contributed by atoms with van der Waals surface area (Å²) >= 11 is 0. The molecule has 0 N–H and O–H groups in total. The first-order valence-corrected chi connectivity index (χ1v) is 9.05. The van der Waals surface area contributed by atoms with Gasteiger partial charge in [-0.2, -0.15) is 0 Å². The summed E-state index contributed by atoms with van der Waals surface area (Å²) in [4.78, 5) is 2.38. The molecule has 0 fully saturated rings. The van der Waals surface area contributed by atoms with Crippen LogP contribution >= 0.6 is 0 Å². The molecule has 0 bridgehead atoms. The van der Waals surface area contributed by atoms with E-state index in [0.717, 1.165) is 6.54 Å². The molecule has 1 heteroatoms. The van der Waals surface area contributed by atoms with E-state index in [2.05, 4.69) is 94.2 Å². The van der Waals surface area contributed by atoms with Crippen molar-refractivity contribution in [2.24, 2.45) is 5.92 Å². The van der Waals surface area contributed by atoms with E-state index in [1.165, 1.54) is 34.4 Å². The molecule has 1 atom stereocenters. The summed E-state index contributed by atoms with van der Waals surface area (Å²) in [5.41, 5.74) is 7.07. The largest absolute Gasteiger partial charge is 0.370 e. The van der Waals surface area contributed by atoms with Crippen molar-refractivity contribution in [3.05, 3.63) is 70.8 Å². The van der Waals surface area contributed by atoms with E-state index in [1.807, 2.05) is 0 Å². The molecule has 0 amide bonds. The minimum absolute atomic E-state index is 0.157. The van der Waals surface area contributed by atoms with E-state index in [9.17, 15) is 0 Å². The highest BCUT2D eigenvalue weighted by Gasteiger charge is 2.30. The van der Waals surface area contributed by atoms with Crippen molar-refractivity contribution in [1.29, 1.82) is 0 Å². The molecule has 2 aromatic carbocycles. The number of benzene rings is 2. The van der Waals surface area contributed by atoms with Gasteiger partial charge in [-0.25, -0.2) is 0 Å². The fraction of sp³-hybridized carbons (Fsp3) is 0.391. The molecule has 0 saturated heterocycles. The number of nitrogens with zero attached hydrogens (tertiary/aromatic N) is 1. The zero-order chi connectivity index (χ0) is 17.3. The molecule has 1 nitrogen and oxygen atoms in total. The van der Waals surface area contributed by atoms with Crippen LogP contribution in [-0.2, 0) is 12.0 Å². The van der Waals surface area contributed by atoms with Gasteiger partial charge in [-0.15, -0.1) is 0 Å². The fourth-order valence-corrected chi connectivity index (χ4v) is 3.74. The van der Waals surface area contributed by atoms with Crippen molar-refractivity contribution in [3.63, 3.8) is 0 Å². The Morgan fingerprint density at radius 2 is 1.71 bits per heavy atom. The van der Waals surface area contributed by atoms with E-state index < -0.39 is 0 Å². The van der Waals surface area contributed by atoms with Gasteiger partial charge >= 0.3 is 0 Å². The van der Waals surface area contributed by atoms with E-state index in [4.69, 9.17) is 0 Å². The van der Waals surface area contributed by atoms with Crippen LogP contribution in [0.1, 0.15) is 56.4 Å². The van der Waals surface area contributed by atoms with Crippen LogP contribution in [0.25, 0.3) is 11.8 Å². The van der Waals surface area contributed by atoms with Crippen molar-refractivity contribution in [3.8, 4) is 0 Å². The Morgan fingerprint density at radius 1 is 1.04 bits per heavy atom. The molecule has 0 spiro atoms. The van der Waals surface area contributed by atoms with Gasteiger partial charge in [0.15, 0.2) is 0 Å². The second-order valence-electron chi connectivity index (χ2n) is 7.66. The molecule has 0 aliphatic carbocycles. The van der Waals surface area contributed by atoms with Crippen molar-refractivity contribution in [1.82, 2.24) is 4.90 Å². The van der Waals surface area contributed by atoms with Crippen LogP contribution in [0.5, 0.6) is 0 Å². The summed E-state index contributed by atoms with van der Waals surface area (Å²) in [6.07, 6.45) is 3.55. The molecule has 0 saturated carbocycles. The molecule has 0 radical (unpaired) electrons. The van der Waals surface area contributed by atoms with Crippen LogP contribution in [0.4, 0.5) is 0 Å². The van der Waals surface area contributed by atoms with Gasteiger partial charge in [0.25, 0.3) is 0 Å². The molecule has 1 heterocycles. The summed E-state index contributed by atoms with van der Waals surface area (Å²) in [6, 6.07) is 17.7. The maximum absolute atomic E-state index is 2.39. The first-order valence-electron chi connectivity index (χ1n) is 9.05. The Labute approximate surface area is 147 Å². The van der Waals surface area contributed by atoms with Crippen molar-refractivity contribution in [2.45, 2.75) is 46.1 Å². The third-order valence-corrected chi connectivity index (χ3v) is 5.91. The lowest BCUT2D eigenvalue weighted by atomic mass is 9.71. The fourth-order valence-electron chi connectivity index (χ4n) is 3.74. The zero-order valence-corrected chi connectivity index (χ0v) is 15.6. The van der Waals surface area contributed by atoms with Crippen LogP contribution in [0.3, 0.4) is 0 Å². The number of fused-ring (bicyclic) bond motifs is 1. The third-order valence-electron chi connectivity index (χ3n) is 5.91. The summed E-state index contributed by atoms with van der Waals surface area (Å²) in [5, 5.41) is 0. The monoisotopic (exact) mass is 319 g/mol. The highest BCUT2D eigenvalue weighted by molar-refractivity contribution is 5.84. The lowest BCUT2D eigenvalue weighted by Crippen LogP contribution is -2.29. The van der Waals surface area contributed by atoms with Gasteiger partial charge in [-0.1, -0.05) is 82.6 Å². The molecule has 1 aliphatic heterocycles. The second-order valence-corrected chi connectivity index (χ2v) is 7.66. The van der Waals surface area contributed by atoms with Gasteiger partial charge in [-0.05, 0) is 34.1 Å². The molecule has 3 rings (SSSR count). The quantitative estimate of drug-likeness (QED) is 0.672. The van der Waals surface area contributed by atoms with Crippen molar-refractivity contribution in [2.75, 3.05) is 7.05 Å². The normalized spacial score (nSPS) is 15.7. The average molecular weight is 319 g/mol. The van der Waals surface area contributed by atoms with Crippen LogP contribution in [0.2, 0.25) is 0 Å². The standard InChI is InChI=1S/C23H29N/c1-6-17(2)23(3,4)21-14-10-9-13-20(21)22-15-18-11-7-8-12-19(18)16-24(22)5/h7-15,17H,6,16H2,1-5H3/t17-/m1/s1. The summed E-state index contributed by atoms with van der Waals surface area (Å²) < 4.78 is 0. The SMILES string of the molecule is CC[C@@H](C)C(C)(C)c1ccccc1C1=Cc2ccccc2CN1C. The first kappa shape index (κ1) is 16.8. The van der Waals surface area contributed by atoms with Crippen LogP contribution in [0.15, 0.2) is 48.5 Å². The van der Waals surface area contributed by atoms with E-state index in [0.29, 0.717) is 5.92 Å². The highest BCUT2D eigenvalue weighted by Crippen LogP contribution is 2.40. The maximum Gasteiger partial charge on any atom is 0.0449 e. The third kappa shape index (κ3) is 2.88. The summed E-state index contributed by atoms with van der Waals surface area (Å²) in [7, 11) is 2.20. The van der Waals surface area contributed by atoms with Gasteiger partial charge in [-0.3, -0.25) is 0 Å². The van der Waals surface area contributed by atoms with Crippen LogP contribution in [0, 0.1) is 5.92 Å². The first-order chi connectivity index (χ1) is 11.4. The Hall–Kier alpha value is -2.02. The molecule has 0 unspecified atom stereocenters. The molecular weight excluding hydrogens is 290 g/mol. The summed E-state index contributed by atoms with van der Waals surface area (Å²) in [5.74, 6) is 0.639. The second kappa shape index (κ2) is 6.47. The lowest BCUT2D eigenvalue weighted by Gasteiger charge is -2.36. The van der Waals surface area contributed by atoms with Gasteiger partial charge in [0.2, 0.25) is 0 Å². The van der Waals surface area contributed by atoms with Crippen LogP contribution < -0.4 is 0 Å². The zero-order valence-electron chi connectivity index (χ0n) is 15.6. The molecule has 126 valence electrons. The molecule has 2 aromatic rings. The average Bonchev–Trinajstić information content (AvgIpc) is 2.60. The predicted octanol–water partition coefficient (Wildman–Crippen LogP) is 5.95. The van der Waals surface area contributed by atoms with E-state index >= 15 is 0 Å². The molecule has 0 aromatic heterocycles. The lowest BCUT2D eigenvalue weighted by molar-refractivity contribution is 0.333. The minimum atomic E-state index is 0.157. The van der Waals surface area contributed by atoms with Gasteiger partial charge in [0.1, 0.15) is 0 Å². The smallest absolute Gasteiger partial charge is 0.0449 e. The van der Waals surface area contributed by atoms with E-state index in [-0.39, 0.29) is 5.41 Å².